The van der Waals surface area contributed by atoms with Gasteiger partial charge < -0.3 is 10.1 Å². The first-order valence-corrected chi connectivity index (χ1v) is 12.1. The van der Waals surface area contributed by atoms with Gasteiger partial charge in [0.2, 0.25) is 10.0 Å². The Morgan fingerprint density at radius 1 is 1.06 bits per heavy atom. The summed E-state index contributed by atoms with van der Waals surface area (Å²) in [5, 5.41) is 2.76. The molecule has 0 saturated carbocycles. The van der Waals surface area contributed by atoms with E-state index >= 15 is 0 Å². The van der Waals surface area contributed by atoms with Gasteiger partial charge in [0, 0.05) is 18.8 Å². The van der Waals surface area contributed by atoms with Crippen LogP contribution in [0, 0.1) is 5.92 Å². The lowest BCUT2D eigenvalue weighted by atomic mass is 9.86. The fraction of sp³-hybridized carbons (Fsp3) is 0.458. The molecule has 1 amide bonds. The fourth-order valence-corrected chi connectivity index (χ4v) is 5.11. The van der Waals surface area contributed by atoms with Crippen molar-refractivity contribution in [1.29, 1.82) is 0 Å². The number of ether oxygens (including phenoxy) is 1. The molecule has 1 saturated heterocycles. The van der Waals surface area contributed by atoms with Crippen molar-refractivity contribution in [2.24, 2.45) is 5.92 Å². The molecular weight excluding hydrogens is 412 g/mol. The van der Waals surface area contributed by atoms with Gasteiger partial charge in [-0.15, -0.1) is 0 Å². The highest BCUT2D eigenvalue weighted by molar-refractivity contribution is 7.89. The van der Waals surface area contributed by atoms with Gasteiger partial charge in [-0.05, 0) is 60.1 Å². The number of nitrogens with one attached hydrogen (secondary N) is 1. The molecule has 0 spiro atoms. The van der Waals surface area contributed by atoms with E-state index in [4.69, 9.17) is 4.74 Å². The third-order valence-corrected chi connectivity index (χ3v) is 7.49. The quantitative estimate of drug-likeness (QED) is 0.716. The van der Waals surface area contributed by atoms with Gasteiger partial charge in [0.1, 0.15) is 5.75 Å². The number of sulfonamides is 1. The highest BCUT2D eigenvalue weighted by atomic mass is 32.2. The van der Waals surface area contributed by atoms with Crippen LogP contribution in [0.3, 0.4) is 0 Å². The zero-order valence-electron chi connectivity index (χ0n) is 18.7. The van der Waals surface area contributed by atoms with Crippen LogP contribution in [0.15, 0.2) is 53.4 Å². The average Bonchev–Trinajstić information content (AvgIpc) is 2.72. The standard InChI is InChI=1S/C24H32N2O4S/c1-18-13-15-26(16-14-18)31(28,29)20-11-9-19(10-12-20)25-23(27)17-30-22-8-6-5-7-21(22)24(2,3)4/h5-12,18H,13-17H2,1-4H3,(H,25,27). The molecule has 31 heavy (non-hydrogen) atoms. The minimum Gasteiger partial charge on any atom is -0.483 e. The predicted molar refractivity (Wildman–Crippen MR) is 123 cm³/mol. The first-order chi connectivity index (χ1) is 14.6. The normalized spacial score (nSPS) is 16.1. The van der Waals surface area contributed by atoms with Gasteiger partial charge in [0.15, 0.2) is 6.61 Å². The third-order valence-electron chi connectivity index (χ3n) is 5.57. The van der Waals surface area contributed by atoms with E-state index in [1.807, 2.05) is 24.3 Å². The molecule has 0 aromatic heterocycles. The molecule has 7 heteroatoms. The van der Waals surface area contributed by atoms with Gasteiger partial charge in [0.25, 0.3) is 5.91 Å². The molecule has 0 bridgehead atoms. The maximum absolute atomic E-state index is 12.8. The summed E-state index contributed by atoms with van der Waals surface area (Å²) in [6.07, 6.45) is 1.76. The number of benzene rings is 2. The Morgan fingerprint density at radius 2 is 1.68 bits per heavy atom. The lowest BCUT2D eigenvalue weighted by Crippen LogP contribution is -2.37. The Bertz CT molecular complexity index is 1000. The van der Waals surface area contributed by atoms with Gasteiger partial charge in [-0.3, -0.25) is 4.79 Å². The van der Waals surface area contributed by atoms with Crippen molar-refractivity contribution in [3.8, 4) is 5.75 Å². The van der Waals surface area contributed by atoms with Crippen LogP contribution in [-0.2, 0) is 20.2 Å². The molecule has 0 aliphatic carbocycles. The summed E-state index contributed by atoms with van der Waals surface area (Å²) in [6, 6.07) is 14.0. The molecule has 2 aromatic carbocycles. The second kappa shape index (κ2) is 9.40. The van der Waals surface area contributed by atoms with E-state index in [-0.39, 0.29) is 22.8 Å². The fourth-order valence-electron chi connectivity index (χ4n) is 3.64. The molecule has 1 fully saturated rings. The minimum atomic E-state index is -3.50. The van der Waals surface area contributed by atoms with Gasteiger partial charge in [-0.2, -0.15) is 4.31 Å². The highest BCUT2D eigenvalue weighted by Crippen LogP contribution is 2.31. The molecule has 1 N–H and O–H groups in total. The highest BCUT2D eigenvalue weighted by Gasteiger charge is 2.28. The molecule has 1 heterocycles. The number of carbonyl (C=O) groups excluding carboxylic acids is 1. The van der Waals surface area contributed by atoms with Crippen LogP contribution in [-0.4, -0.2) is 38.3 Å². The largest absolute Gasteiger partial charge is 0.483 e. The minimum absolute atomic E-state index is 0.0964. The smallest absolute Gasteiger partial charge is 0.262 e. The van der Waals surface area contributed by atoms with Crippen LogP contribution >= 0.6 is 0 Å². The van der Waals surface area contributed by atoms with E-state index < -0.39 is 10.0 Å². The SMILES string of the molecule is CC1CCN(S(=O)(=O)c2ccc(NC(=O)COc3ccccc3C(C)(C)C)cc2)CC1. The molecule has 0 radical (unpaired) electrons. The second-order valence-corrected chi connectivity index (χ2v) is 11.1. The van der Waals surface area contributed by atoms with Crippen LogP contribution < -0.4 is 10.1 Å². The molecule has 0 atom stereocenters. The number of piperidine rings is 1. The summed E-state index contributed by atoms with van der Waals surface area (Å²) in [7, 11) is -3.50. The molecular formula is C24H32N2O4S. The number of carbonyl (C=O) groups is 1. The van der Waals surface area contributed by atoms with Gasteiger partial charge in [0.05, 0.1) is 4.90 Å². The first-order valence-electron chi connectivity index (χ1n) is 10.7. The molecule has 0 unspecified atom stereocenters. The van der Waals surface area contributed by atoms with Crippen molar-refractivity contribution in [2.45, 2.75) is 50.8 Å². The third kappa shape index (κ3) is 5.86. The van der Waals surface area contributed by atoms with Crippen molar-refractivity contribution >= 4 is 21.6 Å². The summed E-state index contributed by atoms with van der Waals surface area (Å²) in [4.78, 5) is 12.6. The number of hydrogen-bond donors (Lipinski definition) is 1. The van der Waals surface area contributed by atoms with Crippen molar-refractivity contribution in [3.05, 3.63) is 54.1 Å². The van der Waals surface area contributed by atoms with E-state index in [2.05, 4.69) is 33.0 Å². The Morgan fingerprint density at radius 3 is 2.29 bits per heavy atom. The Labute approximate surface area is 185 Å². The topological polar surface area (TPSA) is 75.7 Å². The molecule has 1 aliphatic rings. The van der Waals surface area contributed by atoms with Gasteiger partial charge in [-0.1, -0.05) is 45.9 Å². The van der Waals surface area contributed by atoms with Crippen molar-refractivity contribution in [2.75, 3.05) is 25.0 Å². The summed E-state index contributed by atoms with van der Waals surface area (Å²) in [5.74, 6) is 0.938. The Hall–Kier alpha value is -2.38. The van der Waals surface area contributed by atoms with Crippen LogP contribution in [0.2, 0.25) is 0 Å². The predicted octanol–water partition coefficient (Wildman–Crippen LogP) is 4.42. The number of rotatable bonds is 6. The van der Waals surface area contributed by atoms with Crippen molar-refractivity contribution in [3.63, 3.8) is 0 Å². The molecule has 168 valence electrons. The van der Waals surface area contributed by atoms with Crippen LogP contribution in [0.1, 0.15) is 46.1 Å². The molecule has 3 rings (SSSR count). The number of hydrogen-bond acceptors (Lipinski definition) is 4. The zero-order chi connectivity index (χ0) is 22.6. The molecule has 1 aliphatic heterocycles. The van der Waals surface area contributed by atoms with Gasteiger partial charge >= 0.3 is 0 Å². The zero-order valence-corrected chi connectivity index (χ0v) is 19.5. The van der Waals surface area contributed by atoms with E-state index in [9.17, 15) is 13.2 Å². The number of nitrogens with zero attached hydrogens (tertiary/aromatic N) is 1. The van der Waals surface area contributed by atoms with Crippen LogP contribution in [0.4, 0.5) is 5.69 Å². The summed E-state index contributed by atoms with van der Waals surface area (Å²) < 4.78 is 32.9. The number of para-hydroxylation sites is 1. The molecule has 2 aromatic rings. The van der Waals surface area contributed by atoms with E-state index in [1.54, 1.807) is 28.6 Å². The number of anilines is 1. The Kier molecular flexibility index (Phi) is 7.06. The maximum atomic E-state index is 12.8. The summed E-state index contributed by atoms with van der Waals surface area (Å²) >= 11 is 0. The monoisotopic (exact) mass is 444 g/mol. The maximum Gasteiger partial charge on any atom is 0.262 e. The lowest BCUT2D eigenvalue weighted by molar-refractivity contribution is -0.118. The van der Waals surface area contributed by atoms with E-state index in [0.717, 1.165) is 18.4 Å². The second-order valence-electron chi connectivity index (χ2n) is 9.19. The Balaban J connectivity index is 1.60. The average molecular weight is 445 g/mol. The van der Waals surface area contributed by atoms with E-state index in [1.165, 1.54) is 0 Å². The first kappa shape index (κ1) is 23.3. The summed E-state index contributed by atoms with van der Waals surface area (Å²) in [5.41, 5.74) is 1.47. The summed E-state index contributed by atoms with van der Waals surface area (Å²) in [6.45, 7) is 9.40. The van der Waals surface area contributed by atoms with Crippen molar-refractivity contribution < 1.29 is 17.9 Å². The number of amides is 1. The van der Waals surface area contributed by atoms with Crippen LogP contribution in [0.25, 0.3) is 0 Å². The lowest BCUT2D eigenvalue weighted by Gasteiger charge is -2.29. The van der Waals surface area contributed by atoms with Crippen LogP contribution in [0.5, 0.6) is 5.75 Å². The van der Waals surface area contributed by atoms with Crippen molar-refractivity contribution in [1.82, 2.24) is 4.31 Å². The molecule has 6 nitrogen and oxygen atoms in total. The van der Waals surface area contributed by atoms with Gasteiger partial charge in [-0.25, -0.2) is 8.42 Å². The van der Waals surface area contributed by atoms with E-state index in [0.29, 0.717) is 30.4 Å².